The van der Waals surface area contributed by atoms with Crippen LogP contribution in [0.25, 0.3) is 0 Å². The predicted molar refractivity (Wildman–Crippen MR) is 52.5 cm³/mol. The largest absolute Gasteiger partial charge is 0.397 e. The molecule has 0 aliphatic rings. The molecule has 80 valence electrons. The average Bonchev–Trinajstić information content (AvgIpc) is 2.18. The summed E-state index contributed by atoms with van der Waals surface area (Å²) in [4.78, 5) is 3.65. The predicted octanol–water partition coefficient (Wildman–Crippen LogP) is 2.41. The molecule has 0 bridgehead atoms. The van der Waals surface area contributed by atoms with Gasteiger partial charge in [0.05, 0.1) is 29.8 Å². The summed E-state index contributed by atoms with van der Waals surface area (Å²) in [6, 6.07) is 3.11. The highest BCUT2D eigenvalue weighted by Crippen LogP contribution is 2.25. The van der Waals surface area contributed by atoms with Gasteiger partial charge in [-0.1, -0.05) is 0 Å². The molecule has 0 saturated carbocycles. The van der Waals surface area contributed by atoms with Gasteiger partial charge in [0.2, 0.25) is 0 Å². The third-order valence-corrected chi connectivity index (χ3v) is 2.10. The lowest BCUT2D eigenvalue weighted by Crippen LogP contribution is -2.05. The molecule has 0 aromatic carbocycles. The number of nitrogen functional groups attached to an aromatic ring is 1. The lowest BCUT2D eigenvalue weighted by atomic mass is 10.1. The number of nitrogens with zero attached hydrogens (tertiary/aromatic N) is 2. The Labute approximate surface area is 90.5 Å². The Morgan fingerprint density at radius 3 is 2.73 bits per heavy atom. The first kappa shape index (κ1) is 11.7. The Morgan fingerprint density at radius 2 is 2.27 bits per heavy atom. The monoisotopic (exact) mass is 231 g/mol. The molecule has 6 heteroatoms. The fraction of sp³-hybridized carbons (Fsp3) is 0.333. The zero-order valence-corrected chi connectivity index (χ0v) is 8.43. The standard InChI is InChI=1S/C9H8ClF2N3/c10-4-7-6(14)3-5(1-2-13)8(15-7)9(11)12/h3,9H,1,4,14H2. The summed E-state index contributed by atoms with van der Waals surface area (Å²) in [7, 11) is 0. The van der Waals surface area contributed by atoms with E-state index in [1.54, 1.807) is 6.07 Å². The smallest absolute Gasteiger partial charge is 0.280 e. The molecule has 15 heavy (non-hydrogen) atoms. The van der Waals surface area contributed by atoms with Gasteiger partial charge in [-0.3, -0.25) is 0 Å². The molecular formula is C9H8ClF2N3. The molecule has 0 atom stereocenters. The van der Waals surface area contributed by atoms with E-state index in [-0.39, 0.29) is 29.2 Å². The number of alkyl halides is 3. The maximum absolute atomic E-state index is 12.5. The summed E-state index contributed by atoms with van der Waals surface area (Å²) < 4.78 is 25.1. The van der Waals surface area contributed by atoms with Gasteiger partial charge >= 0.3 is 0 Å². The summed E-state index contributed by atoms with van der Waals surface area (Å²) >= 11 is 5.49. The first-order valence-corrected chi connectivity index (χ1v) is 4.62. The maximum atomic E-state index is 12.5. The molecule has 3 nitrogen and oxygen atoms in total. The third-order valence-electron chi connectivity index (χ3n) is 1.85. The van der Waals surface area contributed by atoms with Crippen LogP contribution in [0.2, 0.25) is 0 Å². The molecule has 1 aromatic heterocycles. The molecule has 0 aliphatic heterocycles. The molecule has 0 fully saturated rings. The van der Waals surface area contributed by atoms with Crippen molar-refractivity contribution in [3.8, 4) is 6.07 Å². The topological polar surface area (TPSA) is 62.7 Å². The molecule has 0 amide bonds. The molecule has 1 aromatic rings. The number of hydrogen-bond acceptors (Lipinski definition) is 3. The SMILES string of the molecule is N#CCc1cc(N)c(CCl)nc1C(F)F. The van der Waals surface area contributed by atoms with Crippen molar-refractivity contribution in [2.75, 3.05) is 5.73 Å². The van der Waals surface area contributed by atoms with E-state index in [4.69, 9.17) is 22.6 Å². The van der Waals surface area contributed by atoms with Crippen molar-refractivity contribution < 1.29 is 8.78 Å². The van der Waals surface area contributed by atoms with E-state index in [0.29, 0.717) is 0 Å². The van der Waals surface area contributed by atoms with Crippen LogP contribution in [0.1, 0.15) is 23.4 Å². The van der Waals surface area contributed by atoms with Gasteiger partial charge in [-0.15, -0.1) is 11.6 Å². The Bertz CT molecular complexity index is 401. The highest BCUT2D eigenvalue weighted by atomic mass is 35.5. The Balaban J connectivity index is 3.26. The fourth-order valence-electron chi connectivity index (χ4n) is 1.15. The van der Waals surface area contributed by atoms with Crippen molar-refractivity contribution in [1.29, 1.82) is 5.26 Å². The summed E-state index contributed by atoms with van der Waals surface area (Å²) in [6.07, 6.45) is -2.87. The number of halogens is 3. The third kappa shape index (κ3) is 2.54. The average molecular weight is 232 g/mol. The number of nitriles is 1. The van der Waals surface area contributed by atoms with E-state index in [1.165, 1.54) is 6.07 Å². The molecular weight excluding hydrogens is 224 g/mol. The molecule has 0 radical (unpaired) electrons. The van der Waals surface area contributed by atoms with Crippen LogP contribution >= 0.6 is 11.6 Å². The normalized spacial score (nSPS) is 10.3. The van der Waals surface area contributed by atoms with Crippen LogP contribution in [0.3, 0.4) is 0 Å². The minimum Gasteiger partial charge on any atom is -0.397 e. The molecule has 0 aliphatic carbocycles. The summed E-state index contributed by atoms with van der Waals surface area (Å²) in [6.45, 7) is 0. The van der Waals surface area contributed by atoms with E-state index in [0.717, 1.165) is 0 Å². The molecule has 2 N–H and O–H groups in total. The zero-order chi connectivity index (χ0) is 11.4. The number of hydrogen-bond donors (Lipinski definition) is 1. The van der Waals surface area contributed by atoms with Crippen LogP contribution < -0.4 is 5.73 Å². The van der Waals surface area contributed by atoms with Crippen LogP contribution in [0, 0.1) is 11.3 Å². The number of aromatic nitrogens is 1. The summed E-state index contributed by atoms with van der Waals surface area (Å²) in [5.74, 6) is -0.0294. The molecule has 0 saturated heterocycles. The Kier molecular flexibility index (Phi) is 3.81. The minimum atomic E-state index is -2.73. The van der Waals surface area contributed by atoms with Crippen molar-refractivity contribution in [2.45, 2.75) is 18.7 Å². The van der Waals surface area contributed by atoms with Crippen LogP contribution in [-0.4, -0.2) is 4.98 Å². The van der Waals surface area contributed by atoms with E-state index in [1.807, 2.05) is 0 Å². The second-order valence-electron chi connectivity index (χ2n) is 2.84. The van der Waals surface area contributed by atoms with Crippen molar-refractivity contribution in [1.82, 2.24) is 4.98 Å². The van der Waals surface area contributed by atoms with Crippen molar-refractivity contribution in [3.05, 3.63) is 23.0 Å². The second-order valence-corrected chi connectivity index (χ2v) is 3.11. The number of pyridine rings is 1. The fourth-order valence-corrected chi connectivity index (χ4v) is 1.36. The lowest BCUT2D eigenvalue weighted by Gasteiger charge is -2.09. The molecule has 1 heterocycles. The van der Waals surface area contributed by atoms with E-state index in [2.05, 4.69) is 4.98 Å². The Hall–Kier alpha value is -1.41. The van der Waals surface area contributed by atoms with Gasteiger partial charge in [0.15, 0.2) is 0 Å². The van der Waals surface area contributed by atoms with Crippen molar-refractivity contribution >= 4 is 17.3 Å². The van der Waals surface area contributed by atoms with Crippen LogP contribution in [0.15, 0.2) is 6.07 Å². The van der Waals surface area contributed by atoms with Gasteiger partial charge in [0.1, 0.15) is 5.69 Å². The van der Waals surface area contributed by atoms with Gasteiger partial charge in [-0.05, 0) is 11.6 Å². The highest BCUT2D eigenvalue weighted by Gasteiger charge is 2.17. The quantitative estimate of drug-likeness (QED) is 0.813. The molecule has 0 unspecified atom stereocenters. The van der Waals surface area contributed by atoms with Crippen LogP contribution in [0.5, 0.6) is 0 Å². The van der Waals surface area contributed by atoms with Crippen LogP contribution in [-0.2, 0) is 12.3 Å². The van der Waals surface area contributed by atoms with Gasteiger partial charge in [-0.2, -0.15) is 5.26 Å². The number of anilines is 1. The Morgan fingerprint density at radius 1 is 1.60 bits per heavy atom. The van der Waals surface area contributed by atoms with Gasteiger partial charge in [-0.25, -0.2) is 13.8 Å². The van der Waals surface area contributed by atoms with Gasteiger partial charge in [0, 0.05) is 0 Å². The highest BCUT2D eigenvalue weighted by molar-refractivity contribution is 6.17. The van der Waals surface area contributed by atoms with Gasteiger partial charge < -0.3 is 5.73 Å². The lowest BCUT2D eigenvalue weighted by molar-refractivity contribution is 0.145. The zero-order valence-electron chi connectivity index (χ0n) is 7.67. The second kappa shape index (κ2) is 4.89. The number of rotatable bonds is 3. The molecule has 1 rings (SSSR count). The first-order valence-electron chi connectivity index (χ1n) is 4.09. The minimum absolute atomic E-state index is 0.0294. The first-order chi connectivity index (χ1) is 7.10. The summed E-state index contributed by atoms with van der Waals surface area (Å²) in [5, 5.41) is 8.45. The van der Waals surface area contributed by atoms with E-state index in [9.17, 15) is 8.78 Å². The van der Waals surface area contributed by atoms with Crippen molar-refractivity contribution in [3.63, 3.8) is 0 Å². The van der Waals surface area contributed by atoms with E-state index >= 15 is 0 Å². The van der Waals surface area contributed by atoms with Gasteiger partial charge in [0.25, 0.3) is 6.43 Å². The van der Waals surface area contributed by atoms with Crippen LogP contribution in [0.4, 0.5) is 14.5 Å². The van der Waals surface area contributed by atoms with E-state index < -0.39 is 12.1 Å². The van der Waals surface area contributed by atoms with Crippen molar-refractivity contribution in [2.24, 2.45) is 0 Å². The summed E-state index contributed by atoms with van der Waals surface area (Å²) in [5.41, 5.74) is 5.72. The molecule has 0 spiro atoms. The number of nitrogens with two attached hydrogens (primary N) is 1. The maximum Gasteiger partial charge on any atom is 0.280 e.